The third kappa shape index (κ3) is 3.33. The van der Waals surface area contributed by atoms with E-state index in [0.717, 1.165) is 12.1 Å². The second-order valence-electron chi connectivity index (χ2n) is 5.76. The van der Waals surface area contributed by atoms with Gasteiger partial charge >= 0.3 is 0 Å². The molecule has 1 aromatic carbocycles. The lowest BCUT2D eigenvalue weighted by atomic mass is 9.86. The smallest absolute Gasteiger partial charge is 0.244 e. The highest BCUT2D eigenvalue weighted by Crippen LogP contribution is 2.22. The minimum Gasteiger partial charge on any atom is -0.319 e. The summed E-state index contributed by atoms with van der Waals surface area (Å²) in [7, 11) is 1.77. The van der Waals surface area contributed by atoms with Crippen LogP contribution in [0.25, 0.3) is 0 Å². The van der Waals surface area contributed by atoms with Gasteiger partial charge in [-0.1, -0.05) is 39.8 Å². The Bertz CT molecular complexity index is 403. The summed E-state index contributed by atoms with van der Waals surface area (Å²) in [6.07, 6.45) is 0.999. The lowest BCUT2D eigenvalue weighted by molar-refractivity contribution is -0.121. The maximum Gasteiger partial charge on any atom is 0.244 e. The monoisotopic (exact) mass is 248 g/mol. The summed E-state index contributed by atoms with van der Waals surface area (Å²) < 4.78 is 0. The van der Waals surface area contributed by atoms with Crippen LogP contribution in [0.3, 0.4) is 0 Å². The van der Waals surface area contributed by atoms with Crippen molar-refractivity contribution in [3.05, 3.63) is 29.8 Å². The van der Waals surface area contributed by atoms with Crippen molar-refractivity contribution in [3.8, 4) is 0 Å². The largest absolute Gasteiger partial charge is 0.319 e. The number of carbonyl (C=O) groups excluding carboxylic acids is 1. The second kappa shape index (κ2) is 5.53. The zero-order chi connectivity index (χ0) is 13.9. The fourth-order valence-electron chi connectivity index (χ4n) is 1.66. The minimum atomic E-state index is -0.492. The first-order chi connectivity index (χ1) is 8.27. The molecule has 0 aliphatic rings. The van der Waals surface area contributed by atoms with Gasteiger partial charge in [-0.2, -0.15) is 0 Å². The van der Waals surface area contributed by atoms with E-state index in [1.54, 1.807) is 11.9 Å². The van der Waals surface area contributed by atoms with E-state index in [4.69, 9.17) is 5.73 Å². The Labute approximate surface area is 110 Å². The highest BCUT2D eigenvalue weighted by atomic mass is 16.2. The quantitative estimate of drug-likeness (QED) is 0.893. The molecule has 100 valence electrons. The number of benzene rings is 1. The first-order valence-corrected chi connectivity index (χ1v) is 6.39. The van der Waals surface area contributed by atoms with Crippen LogP contribution in [0.2, 0.25) is 0 Å². The molecule has 0 aliphatic heterocycles. The van der Waals surface area contributed by atoms with Gasteiger partial charge in [0.05, 0.1) is 6.04 Å². The Hall–Kier alpha value is -1.35. The average molecular weight is 248 g/mol. The van der Waals surface area contributed by atoms with Crippen LogP contribution in [0.1, 0.15) is 33.3 Å². The maximum absolute atomic E-state index is 12.2. The normalized spacial score (nSPS) is 13.2. The number of carbonyl (C=O) groups is 1. The molecule has 2 N–H and O–H groups in total. The molecule has 18 heavy (non-hydrogen) atoms. The van der Waals surface area contributed by atoms with E-state index in [0.29, 0.717) is 0 Å². The number of nitrogens with zero attached hydrogens (tertiary/aromatic N) is 1. The zero-order valence-electron chi connectivity index (χ0n) is 12.0. The number of aryl methyl sites for hydroxylation is 1. The van der Waals surface area contributed by atoms with E-state index in [1.807, 2.05) is 45.0 Å². The lowest BCUT2D eigenvalue weighted by Gasteiger charge is -2.30. The molecule has 0 heterocycles. The van der Waals surface area contributed by atoms with Crippen LogP contribution in [0.15, 0.2) is 24.3 Å². The SMILES string of the molecule is CCc1ccc(N(C)C(=O)C(N)C(C)(C)C)cc1. The standard InChI is InChI=1S/C15H24N2O/c1-6-11-7-9-12(10-8-11)17(5)14(18)13(16)15(2,3)4/h7-10,13H,6,16H2,1-5H3. The van der Waals surface area contributed by atoms with Gasteiger partial charge in [-0.25, -0.2) is 0 Å². The van der Waals surface area contributed by atoms with Gasteiger partial charge < -0.3 is 10.6 Å². The first-order valence-electron chi connectivity index (χ1n) is 6.39. The van der Waals surface area contributed by atoms with Crippen LogP contribution >= 0.6 is 0 Å². The predicted molar refractivity (Wildman–Crippen MR) is 76.7 cm³/mol. The number of likely N-dealkylation sites (N-methyl/N-ethyl adjacent to an activating group) is 1. The maximum atomic E-state index is 12.2. The molecule has 0 saturated heterocycles. The highest BCUT2D eigenvalue weighted by Gasteiger charge is 2.30. The molecule has 0 saturated carbocycles. The van der Waals surface area contributed by atoms with Gasteiger partial charge in [-0.3, -0.25) is 4.79 Å². The molecule has 3 nitrogen and oxygen atoms in total. The molecule has 1 unspecified atom stereocenters. The first kappa shape index (κ1) is 14.7. The van der Waals surface area contributed by atoms with Gasteiger partial charge in [0.25, 0.3) is 0 Å². The molecule has 1 amide bonds. The summed E-state index contributed by atoms with van der Waals surface area (Å²) >= 11 is 0. The Balaban J connectivity index is 2.86. The van der Waals surface area contributed by atoms with Gasteiger partial charge in [-0.15, -0.1) is 0 Å². The van der Waals surface area contributed by atoms with Crippen LogP contribution in [0.5, 0.6) is 0 Å². The van der Waals surface area contributed by atoms with Crippen molar-refractivity contribution in [2.24, 2.45) is 11.1 Å². The molecule has 0 aliphatic carbocycles. The fraction of sp³-hybridized carbons (Fsp3) is 0.533. The summed E-state index contributed by atoms with van der Waals surface area (Å²) in [6.45, 7) is 8.04. The van der Waals surface area contributed by atoms with Gasteiger partial charge in [0.2, 0.25) is 5.91 Å². The third-order valence-electron chi connectivity index (χ3n) is 3.26. The van der Waals surface area contributed by atoms with Crippen molar-refractivity contribution in [2.75, 3.05) is 11.9 Å². The number of rotatable bonds is 3. The second-order valence-corrected chi connectivity index (χ2v) is 5.76. The molecule has 3 heteroatoms. The molecule has 0 bridgehead atoms. The van der Waals surface area contributed by atoms with Crippen molar-refractivity contribution < 1.29 is 4.79 Å². The summed E-state index contributed by atoms with van der Waals surface area (Å²) in [6, 6.07) is 7.52. The Morgan fingerprint density at radius 1 is 1.28 bits per heavy atom. The molecular weight excluding hydrogens is 224 g/mol. The fourth-order valence-corrected chi connectivity index (χ4v) is 1.66. The van der Waals surface area contributed by atoms with Crippen LogP contribution < -0.4 is 10.6 Å². The van der Waals surface area contributed by atoms with E-state index >= 15 is 0 Å². The van der Waals surface area contributed by atoms with Crippen LogP contribution in [0.4, 0.5) is 5.69 Å². The third-order valence-corrected chi connectivity index (χ3v) is 3.26. The van der Waals surface area contributed by atoms with Crippen LogP contribution in [-0.2, 0) is 11.2 Å². The van der Waals surface area contributed by atoms with E-state index in [1.165, 1.54) is 5.56 Å². The number of nitrogens with two attached hydrogens (primary N) is 1. The van der Waals surface area contributed by atoms with Crippen LogP contribution in [0, 0.1) is 5.41 Å². The molecule has 1 rings (SSSR count). The minimum absolute atomic E-state index is 0.0493. The van der Waals surface area contributed by atoms with Gasteiger partial charge in [-0.05, 0) is 29.5 Å². The number of hydrogen-bond donors (Lipinski definition) is 1. The molecule has 0 spiro atoms. The Morgan fingerprint density at radius 2 is 1.78 bits per heavy atom. The molecule has 0 aromatic heterocycles. The summed E-state index contributed by atoms with van der Waals surface area (Å²) in [5, 5.41) is 0. The highest BCUT2D eigenvalue weighted by molar-refractivity contribution is 5.97. The molecular formula is C15H24N2O. The van der Waals surface area contributed by atoms with Gasteiger partial charge in [0.15, 0.2) is 0 Å². The van der Waals surface area contributed by atoms with E-state index in [2.05, 4.69) is 6.92 Å². The van der Waals surface area contributed by atoms with Crippen molar-refractivity contribution in [2.45, 2.75) is 40.2 Å². The van der Waals surface area contributed by atoms with E-state index in [-0.39, 0.29) is 11.3 Å². The van der Waals surface area contributed by atoms with Crippen molar-refractivity contribution >= 4 is 11.6 Å². The number of hydrogen-bond acceptors (Lipinski definition) is 2. The average Bonchev–Trinajstić information content (AvgIpc) is 2.35. The molecule has 0 radical (unpaired) electrons. The van der Waals surface area contributed by atoms with Crippen molar-refractivity contribution in [3.63, 3.8) is 0 Å². The molecule has 1 aromatic rings. The molecule has 1 atom stereocenters. The van der Waals surface area contributed by atoms with Gasteiger partial charge in [0.1, 0.15) is 0 Å². The Kier molecular flexibility index (Phi) is 4.52. The predicted octanol–water partition coefficient (Wildman–Crippen LogP) is 2.59. The Morgan fingerprint density at radius 3 is 2.17 bits per heavy atom. The summed E-state index contributed by atoms with van der Waals surface area (Å²) in [5.74, 6) is -0.0493. The summed E-state index contributed by atoms with van der Waals surface area (Å²) in [4.78, 5) is 13.9. The van der Waals surface area contributed by atoms with E-state index < -0.39 is 6.04 Å². The topological polar surface area (TPSA) is 46.3 Å². The zero-order valence-corrected chi connectivity index (χ0v) is 12.0. The lowest BCUT2D eigenvalue weighted by Crippen LogP contribution is -2.49. The van der Waals surface area contributed by atoms with Gasteiger partial charge in [0, 0.05) is 12.7 Å². The number of anilines is 1. The summed E-state index contributed by atoms with van der Waals surface area (Å²) in [5.41, 5.74) is 7.92. The van der Waals surface area contributed by atoms with Crippen molar-refractivity contribution in [1.29, 1.82) is 0 Å². The van der Waals surface area contributed by atoms with E-state index in [9.17, 15) is 4.79 Å². The number of amides is 1. The molecule has 0 fully saturated rings. The van der Waals surface area contributed by atoms with Crippen molar-refractivity contribution in [1.82, 2.24) is 0 Å². The van der Waals surface area contributed by atoms with Crippen LogP contribution in [-0.4, -0.2) is 19.0 Å².